The average molecular weight is 568 g/mol. The molecule has 3 aromatic rings. The van der Waals surface area contributed by atoms with Crippen LogP contribution in [0, 0.1) is 0 Å². The number of hydrogen-bond acceptors (Lipinski definition) is 9. The van der Waals surface area contributed by atoms with Gasteiger partial charge >= 0.3 is 23.9 Å². The number of hydrogen-bond donors (Lipinski definition) is 8. The maximum atomic E-state index is 10.4. The van der Waals surface area contributed by atoms with Gasteiger partial charge in [0.25, 0.3) is 10.1 Å². The molecule has 3 rings (SSSR count). The molecule has 0 bridgehead atoms. The van der Waals surface area contributed by atoms with Crippen molar-refractivity contribution in [2.45, 2.75) is 17.4 Å². The van der Waals surface area contributed by atoms with E-state index < -0.39 is 46.5 Å². The second-order valence-corrected chi connectivity index (χ2v) is 8.43. The number of carboxylic acid groups (broad SMARTS) is 4. The van der Waals surface area contributed by atoms with Crippen LogP contribution in [0.2, 0.25) is 0 Å². The molecule has 0 aliphatic rings. The van der Waals surface area contributed by atoms with Gasteiger partial charge in [-0.2, -0.15) is 8.42 Å². The molecule has 3 aromatic carbocycles. The largest absolute Gasteiger partial charge is 0.508 e. The van der Waals surface area contributed by atoms with Crippen molar-refractivity contribution in [3.05, 3.63) is 90.0 Å². The van der Waals surface area contributed by atoms with Crippen LogP contribution in [0.4, 0.5) is 0 Å². The summed E-state index contributed by atoms with van der Waals surface area (Å²) in [4.78, 5) is 40.0. The Kier molecular flexibility index (Phi) is 14.6. The van der Waals surface area contributed by atoms with E-state index in [4.69, 9.17) is 40.9 Å². The number of carboxylic acids is 4. The summed E-state index contributed by atoms with van der Waals surface area (Å²) in [6, 6.07) is 17.7. The Bertz CT molecular complexity index is 1340. The van der Waals surface area contributed by atoms with Crippen molar-refractivity contribution < 1.29 is 62.8 Å². The maximum Gasteiger partial charge on any atom is 0.339 e. The third kappa shape index (κ3) is 15.0. The van der Waals surface area contributed by atoms with Crippen LogP contribution in [0.25, 0.3) is 0 Å². The number of aromatic carboxylic acids is 2. The Morgan fingerprint density at radius 2 is 1.23 bits per heavy atom. The van der Waals surface area contributed by atoms with Gasteiger partial charge in [0, 0.05) is 0 Å². The molecule has 210 valence electrons. The molecule has 0 spiro atoms. The second kappa shape index (κ2) is 16.7. The monoisotopic (exact) mass is 567 g/mol. The fraction of sp³-hybridized carbons (Fsp3) is 0.0833. The fourth-order valence-corrected chi connectivity index (χ4v) is 2.65. The first-order valence-corrected chi connectivity index (χ1v) is 11.8. The van der Waals surface area contributed by atoms with Crippen molar-refractivity contribution in [3.8, 4) is 11.5 Å². The molecule has 0 fully saturated rings. The summed E-state index contributed by atoms with van der Waals surface area (Å²) in [6.07, 6.45) is -0.532. The predicted molar refractivity (Wildman–Crippen MR) is 134 cm³/mol. The van der Waals surface area contributed by atoms with Gasteiger partial charge < -0.3 is 36.4 Å². The first-order valence-electron chi connectivity index (χ1n) is 10.3. The van der Waals surface area contributed by atoms with Gasteiger partial charge in [-0.15, -0.1) is 0 Å². The highest BCUT2D eigenvalue weighted by Crippen LogP contribution is 2.21. The van der Waals surface area contributed by atoms with Crippen LogP contribution in [0.15, 0.2) is 83.8 Å². The number of carbonyl (C=O) groups is 4. The lowest BCUT2D eigenvalue weighted by Crippen LogP contribution is -2.32. The number of phenols is 2. The Labute approximate surface area is 221 Å². The molecule has 1 atom stereocenters. The molecule has 0 unspecified atom stereocenters. The third-order valence-corrected chi connectivity index (χ3v) is 4.85. The summed E-state index contributed by atoms with van der Waals surface area (Å²) in [6.45, 7) is 0. The highest BCUT2D eigenvalue weighted by Gasteiger charge is 2.14. The summed E-state index contributed by atoms with van der Waals surface area (Å²) in [5.41, 5.74) is 4.87. The maximum absolute atomic E-state index is 10.4. The number of aromatic hydroxyl groups is 2. The van der Waals surface area contributed by atoms with Gasteiger partial charge in [0.15, 0.2) is 0 Å². The Morgan fingerprint density at radius 1 is 0.744 bits per heavy atom. The molecule has 15 heteroatoms. The smallest absolute Gasteiger partial charge is 0.339 e. The zero-order chi connectivity index (χ0) is 30.2. The quantitative estimate of drug-likeness (QED) is 0.156. The van der Waals surface area contributed by atoms with Crippen molar-refractivity contribution in [1.82, 2.24) is 0 Å². The summed E-state index contributed by atoms with van der Waals surface area (Å²) in [7, 11) is -4.00. The fourth-order valence-electron chi connectivity index (χ4n) is 2.14. The van der Waals surface area contributed by atoms with Crippen LogP contribution in [-0.2, 0) is 19.7 Å². The minimum absolute atomic E-state index is 0.0741. The highest BCUT2D eigenvalue weighted by atomic mass is 32.2. The van der Waals surface area contributed by atoms with Crippen LogP contribution in [0.5, 0.6) is 11.5 Å². The summed E-state index contributed by atoms with van der Waals surface area (Å²) >= 11 is 0. The van der Waals surface area contributed by atoms with Crippen molar-refractivity contribution in [2.24, 2.45) is 5.73 Å². The molecular formula is C24H25NO13S. The molecule has 0 saturated carbocycles. The van der Waals surface area contributed by atoms with Gasteiger partial charge in [-0.1, -0.05) is 36.4 Å². The predicted octanol–water partition coefficient (Wildman–Crippen LogP) is 1.99. The lowest BCUT2D eigenvalue weighted by molar-refractivity contribution is -0.144. The minimum Gasteiger partial charge on any atom is -0.508 e. The topological polar surface area (TPSA) is 270 Å². The number of nitrogens with two attached hydrogens (primary N) is 1. The SMILES string of the molecule is N[C@@H](CC(=O)O)C(=O)O.O=C(O)c1cc(O)ccc1O.O=C(O)c1ccccc1.O=S(=O)(O)c1ccccc1. The van der Waals surface area contributed by atoms with Gasteiger partial charge in [-0.3, -0.25) is 14.1 Å². The van der Waals surface area contributed by atoms with Crippen molar-refractivity contribution in [3.63, 3.8) is 0 Å². The molecule has 0 heterocycles. The molecule has 9 N–H and O–H groups in total. The van der Waals surface area contributed by atoms with E-state index in [1.165, 1.54) is 18.2 Å². The summed E-state index contributed by atoms with van der Waals surface area (Å²) in [5, 5.41) is 50.6. The van der Waals surface area contributed by atoms with Gasteiger partial charge in [0.05, 0.1) is 16.9 Å². The van der Waals surface area contributed by atoms with E-state index in [0.717, 1.165) is 12.1 Å². The van der Waals surface area contributed by atoms with Gasteiger partial charge in [0.2, 0.25) is 0 Å². The van der Waals surface area contributed by atoms with E-state index in [2.05, 4.69) is 0 Å². The molecule has 0 aliphatic carbocycles. The van der Waals surface area contributed by atoms with E-state index in [9.17, 15) is 27.6 Å². The molecule has 0 amide bonds. The first-order chi connectivity index (χ1) is 18.1. The van der Waals surface area contributed by atoms with Crippen molar-refractivity contribution in [2.75, 3.05) is 0 Å². The highest BCUT2D eigenvalue weighted by molar-refractivity contribution is 7.85. The van der Waals surface area contributed by atoms with Gasteiger partial charge in [0.1, 0.15) is 23.1 Å². The van der Waals surface area contributed by atoms with E-state index >= 15 is 0 Å². The zero-order valence-electron chi connectivity index (χ0n) is 19.9. The molecule has 0 aliphatic heterocycles. The van der Waals surface area contributed by atoms with Crippen LogP contribution >= 0.6 is 0 Å². The Hall–Kier alpha value is -4.99. The Balaban J connectivity index is 0.000000496. The lowest BCUT2D eigenvalue weighted by atomic mass is 10.2. The van der Waals surface area contributed by atoms with Crippen LogP contribution < -0.4 is 5.73 Å². The molecular weight excluding hydrogens is 542 g/mol. The van der Waals surface area contributed by atoms with E-state index in [1.807, 2.05) is 0 Å². The van der Waals surface area contributed by atoms with E-state index in [-0.39, 0.29) is 22.0 Å². The Morgan fingerprint density at radius 3 is 1.51 bits per heavy atom. The molecule has 0 aromatic heterocycles. The molecule has 39 heavy (non-hydrogen) atoms. The number of phenolic OH excluding ortho intramolecular Hbond substituents is 1. The van der Waals surface area contributed by atoms with Crippen LogP contribution in [-0.4, -0.2) is 73.5 Å². The minimum atomic E-state index is -4.00. The summed E-state index contributed by atoms with van der Waals surface area (Å²) in [5.74, 6) is -5.17. The van der Waals surface area contributed by atoms with E-state index in [0.29, 0.717) is 5.56 Å². The van der Waals surface area contributed by atoms with E-state index in [1.54, 1.807) is 48.5 Å². The second-order valence-electron chi connectivity index (χ2n) is 7.01. The summed E-state index contributed by atoms with van der Waals surface area (Å²) < 4.78 is 29.2. The molecule has 0 radical (unpaired) electrons. The third-order valence-electron chi connectivity index (χ3n) is 3.98. The average Bonchev–Trinajstić information content (AvgIpc) is 2.86. The van der Waals surface area contributed by atoms with Gasteiger partial charge in [-0.05, 0) is 42.5 Å². The number of benzene rings is 3. The van der Waals surface area contributed by atoms with Crippen molar-refractivity contribution in [1.29, 1.82) is 0 Å². The zero-order valence-corrected chi connectivity index (χ0v) is 20.7. The normalized spacial score (nSPS) is 10.5. The molecule has 0 saturated heterocycles. The standard InChI is InChI=1S/C7H6O4.C7H6O2.C6H6O3S.C4H7NO4/c8-4-1-2-6(9)5(3-4)7(10)11;8-7(9)6-4-2-1-3-5-6;7-10(8,9)6-4-2-1-3-5-6;5-2(4(8)9)1-3(6)7/h1-3,8-9H,(H,10,11);1-5H,(H,8,9);1-5H,(H,7,8,9);2H,1,5H2,(H,6,7)(H,8,9)/t;;;2-/m...0/s1. The molecule has 14 nitrogen and oxygen atoms in total. The lowest BCUT2D eigenvalue weighted by Gasteiger charge is -1.99. The van der Waals surface area contributed by atoms with Crippen LogP contribution in [0.1, 0.15) is 27.1 Å². The first kappa shape index (κ1) is 34.0. The van der Waals surface area contributed by atoms with Crippen LogP contribution in [0.3, 0.4) is 0 Å². The number of rotatable bonds is 6. The van der Waals surface area contributed by atoms with Crippen molar-refractivity contribution >= 4 is 34.0 Å². The van der Waals surface area contributed by atoms with Gasteiger partial charge in [-0.25, -0.2) is 9.59 Å². The number of aliphatic carboxylic acids is 2.